The second-order valence-electron chi connectivity index (χ2n) is 5.29. The van der Waals surface area contributed by atoms with Crippen LogP contribution in [0, 0.1) is 6.92 Å². The molecule has 122 valence electrons. The van der Waals surface area contributed by atoms with E-state index in [1.54, 1.807) is 7.11 Å². The highest BCUT2D eigenvalue weighted by Crippen LogP contribution is 2.30. The van der Waals surface area contributed by atoms with Crippen LogP contribution in [0.15, 0.2) is 10.6 Å². The molecule has 1 saturated heterocycles. The van der Waals surface area contributed by atoms with Gasteiger partial charge >= 0.3 is 6.03 Å². The number of aryl methyl sites for hydroxylation is 1. The van der Waals surface area contributed by atoms with E-state index in [1.165, 1.54) is 0 Å². The minimum absolute atomic E-state index is 0.0692. The first-order chi connectivity index (χ1) is 10.6. The second kappa shape index (κ2) is 7.90. The summed E-state index contributed by atoms with van der Waals surface area (Å²) < 4.78 is 9.91. The number of ether oxygens (including phenoxy) is 1. The van der Waals surface area contributed by atoms with Gasteiger partial charge in [-0.3, -0.25) is 15.0 Å². The molecular formula is C14H22N4O4. The highest BCUT2D eigenvalue weighted by Gasteiger charge is 2.30. The molecule has 22 heavy (non-hydrogen) atoms. The normalized spacial score (nSPS) is 18.4. The third kappa shape index (κ3) is 4.54. The van der Waals surface area contributed by atoms with E-state index in [0.29, 0.717) is 13.2 Å². The zero-order valence-corrected chi connectivity index (χ0v) is 12.9. The minimum Gasteiger partial charge on any atom is -0.383 e. The molecular weight excluding hydrogens is 288 g/mol. The molecule has 0 radical (unpaired) electrons. The van der Waals surface area contributed by atoms with Crippen LogP contribution in [-0.4, -0.2) is 55.3 Å². The number of methoxy groups -OCH3 is 1. The maximum atomic E-state index is 11.9. The molecule has 8 heteroatoms. The smallest absolute Gasteiger partial charge is 0.321 e. The Balaban J connectivity index is 1.81. The first-order valence-corrected chi connectivity index (χ1v) is 7.34. The van der Waals surface area contributed by atoms with Crippen LogP contribution >= 0.6 is 0 Å². The Hall–Kier alpha value is -1.93. The lowest BCUT2D eigenvalue weighted by Crippen LogP contribution is -2.45. The van der Waals surface area contributed by atoms with Crippen molar-refractivity contribution in [3.63, 3.8) is 0 Å². The van der Waals surface area contributed by atoms with Crippen LogP contribution in [0.25, 0.3) is 0 Å². The molecule has 0 spiro atoms. The van der Waals surface area contributed by atoms with Crippen LogP contribution in [0.4, 0.5) is 4.79 Å². The lowest BCUT2D eigenvalue weighted by molar-refractivity contribution is -0.121. The van der Waals surface area contributed by atoms with Gasteiger partial charge in [-0.25, -0.2) is 4.79 Å². The fourth-order valence-corrected chi connectivity index (χ4v) is 2.55. The van der Waals surface area contributed by atoms with Crippen LogP contribution in [-0.2, 0) is 9.53 Å². The van der Waals surface area contributed by atoms with Crippen molar-refractivity contribution in [2.24, 2.45) is 0 Å². The van der Waals surface area contributed by atoms with Gasteiger partial charge in [0.2, 0.25) is 5.91 Å². The van der Waals surface area contributed by atoms with Crippen LogP contribution in [0.5, 0.6) is 0 Å². The number of amides is 3. The predicted molar refractivity (Wildman–Crippen MR) is 78.2 cm³/mol. The number of hydrogen-bond acceptors (Lipinski definition) is 6. The van der Waals surface area contributed by atoms with Gasteiger partial charge in [0.1, 0.15) is 11.5 Å². The fourth-order valence-electron chi connectivity index (χ4n) is 2.55. The fraction of sp³-hybridized carbons (Fsp3) is 0.643. The second-order valence-corrected chi connectivity index (χ2v) is 5.29. The van der Waals surface area contributed by atoms with Crippen molar-refractivity contribution in [2.45, 2.75) is 25.8 Å². The van der Waals surface area contributed by atoms with Gasteiger partial charge in [-0.05, 0) is 26.3 Å². The molecule has 1 aromatic heterocycles. The number of imide groups is 1. The third-order valence-electron chi connectivity index (χ3n) is 3.54. The van der Waals surface area contributed by atoms with E-state index in [4.69, 9.17) is 9.26 Å². The molecule has 0 aromatic carbocycles. The number of urea groups is 1. The Bertz CT molecular complexity index is 517. The Kier molecular flexibility index (Phi) is 5.91. The van der Waals surface area contributed by atoms with Gasteiger partial charge < -0.3 is 14.6 Å². The largest absolute Gasteiger partial charge is 0.383 e. The van der Waals surface area contributed by atoms with Gasteiger partial charge in [-0.2, -0.15) is 0 Å². The molecule has 1 aromatic rings. The molecule has 1 aliphatic heterocycles. The number of carbonyl (C=O) groups is 2. The van der Waals surface area contributed by atoms with Gasteiger partial charge in [0.25, 0.3) is 0 Å². The Labute approximate surface area is 129 Å². The summed E-state index contributed by atoms with van der Waals surface area (Å²) >= 11 is 0. The first kappa shape index (κ1) is 16.4. The maximum absolute atomic E-state index is 11.9. The molecule has 0 saturated carbocycles. The summed E-state index contributed by atoms with van der Waals surface area (Å²) in [4.78, 5) is 25.5. The van der Waals surface area contributed by atoms with E-state index in [1.807, 2.05) is 17.9 Å². The summed E-state index contributed by atoms with van der Waals surface area (Å²) in [7, 11) is 1.55. The Morgan fingerprint density at radius 2 is 2.36 bits per heavy atom. The van der Waals surface area contributed by atoms with Gasteiger partial charge in [-0.15, -0.1) is 0 Å². The number of hydrogen-bond donors (Lipinski definition) is 2. The molecule has 2 rings (SSSR count). The van der Waals surface area contributed by atoms with E-state index in [0.717, 1.165) is 30.8 Å². The summed E-state index contributed by atoms with van der Waals surface area (Å²) in [5, 5.41) is 8.88. The molecule has 0 aliphatic carbocycles. The Morgan fingerprint density at radius 1 is 1.55 bits per heavy atom. The number of aromatic nitrogens is 1. The maximum Gasteiger partial charge on any atom is 0.321 e. The number of likely N-dealkylation sites (tertiary alicyclic amines) is 1. The lowest BCUT2D eigenvalue weighted by atomic mass is 10.1. The summed E-state index contributed by atoms with van der Waals surface area (Å²) in [6.07, 6.45) is 1.92. The van der Waals surface area contributed by atoms with Gasteiger partial charge in [0.15, 0.2) is 0 Å². The van der Waals surface area contributed by atoms with Gasteiger partial charge in [-0.1, -0.05) is 5.16 Å². The number of nitrogens with zero attached hydrogens (tertiary/aromatic N) is 2. The number of rotatable bonds is 6. The van der Waals surface area contributed by atoms with Crippen LogP contribution in [0.3, 0.4) is 0 Å². The standard InChI is InChI=1S/C14H22N4O4/c1-10-8-11(17-22-10)12-4-3-6-18(12)9-13(19)16-14(20)15-5-7-21-2/h8,12H,3-7,9H2,1-2H3,(H2,15,16,19,20)/t12-/m0/s1. The zero-order chi connectivity index (χ0) is 15.9. The lowest BCUT2D eigenvalue weighted by Gasteiger charge is -2.21. The summed E-state index contributed by atoms with van der Waals surface area (Å²) in [6.45, 7) is 3.57. The van der Waals surface area contributed by atoms with E-state index in [-0.39, 0.29) is 18.5 Å². The topological polar surface area (TPSA) is 96.7 Å². The van der Waals surface area contributed by atoms with Crippen LogP contribution in [0.1, 0.15) is 30.3 Å². The third-order valence-corrected chi connectivity index (χ3v) is 3.54. The van der Waals surface area contributed by atoms with Crippen molar-refractivity contribution in [3.05, 3.63) is 17.5 Å². The Morgan fingerprint density at radius 3 is 3.05 bits per heavy atom. The molecule has 1 atom stereocenters. The molecule has 1 fully saturated rings. The zero-order valence-electron chi connectivity index (χ0n) is 12.9. The number of nitrogens with one attached hydrogen (secondary N) is 2. The van der Waals surface area contributed by atoms with Crippen molar-refractivity contribution < 1.29 is 18.8 Å². The van der Waals surface area contributed by atoms with E-state index < -0.39 is 6.03 Å². The van der Waals surface area contributed by atoms with E-state index in [2.05, 4.69) is 15.8 Å². The van der Waals surface area contributed by atoms with Crippen molar-refractivity contribution in [1.29, 1.82) is 0 Å². The van der Waals surface area contributed by atoms with E-state index in [9.17, 15) is 9.59 Å². The summed E-state index contributed by atoms with van der Waals surface area (Å²) in [6, 6.07) is 1.45. The van der Waals surface area contributed by atoms with Crippen molar-refractivity contribution in [1.82, 2.24) is 20.7 Å². The van der Waals surface area contributed by atoms with Crippen molar-refractivity contribution >= 4 is 11.9 Å². The quantitative estimate of drug-likeness (QED) is 0.747. The summed E-state index contributed by atoms with van der Waals surface area (Å²) in [5.41, 5.74) is 0.840. The number of carbonyl (C=O) groups excluding carboxylic acids is 2. The molecule has 0 unspecified atom stereocenters. The van der Waals surface area contributed by atoms with Crippen LogP contribution < -0.4 is 10.6 Å². The first-order valence-electron chi connectivity index (χ1n) is 7.34. The molecule has 1 aliphatic rings. The molecule has 8 nitrogen and oxygen atoms in total. The predicted octanol–water partition coefficient (Wildman–Crippen LogP) is 0.592. The van der Waals surface area contributed by atoms with Gasteiger partial charge in [0.05, 0.1) is 19.2 Å². The average molecular weight is 310 g/mol. The molecule has 2 heterocycles. The highest BCUT2D eigenvalue weighted by atomic mass is 16.5. The summed E-state index contributed by atoms with van der Waals surface area (Å²) in [5.74, 6) is 0.422. The van der Waals surface area contributed by atoms with Crippen molar-refractivity contribution in [2.75, 3.05) is 33.4 Å². The van der Waals surface area contributed by atoms with Crippen molar-refractivity contribution in [3.8, 4) is 0 Å². The molecule has 2 N–H and O–H groups in total. The minimum atomic E-state index is -0.505. The molecule has 0 bridgehead atoms. The van der Waals surface area contributed by atoms with Gasteiger partial charge in [0, 0.05) is 19.7 Å². The van der Waals surface area contributed by atoms with Crippen LogP contribution in [0.2, 0.25) is 0 Å². The monoisotopic (exact) mass is 310 g/mol. The average Bonchev–Trinajstić information content (AvgIpc) is 3.07. The molecule has 3 amide bonds. The SMILES string of the molecule is COCCNC(=O)NC(=O)CN1CCC[C@H]1c1cc(C)on1. The van der Waals surface area contributed by atoms with E-state index >= 15 is 0 Å². The highest BCUT2D eigenvalue weighted by molar-refractivity contribution is 5.95.